The van der Waals surface area contributed by atoms with Gasteiger partial charge in [-0.15, -0.1) is 0 Å². The first-order chi connectivity index (χ1) is 13.5. The maximum Gasteiger partial charge on any atom is 0.238 e. The Labute approximate surface area is 168 Å². The van der Waals surface area contributed by atoms with Crippen LogP contribution in [-0.4, -0.2) is 66.9 Å². The van der Waals surface area contributed by atoms with Crippen LogP contribution in [0, 0.1) is 13.8 Å². The van der Waals surface area contributed by atoms with E-state index in [0.717, 1.165) is 50.3 Å². The van der Waals surface area contributed by atoms with Gasteiger partial charge in [0.15, 0.2) is 0 Å². The van der Waals surface area contributed by atoms with Gasteiger partial charge in [-0.05, 0) is 43.9 Å². The molecule has 3 rings (SSSR count). The molecule has 2 fully saturated rings. The minimum atomic E-state index is 0.0252. The first-order valence-electron chi connectivity index (χ1n) is 10.6. The maximum absolute atomic E-state index is 12.4. The van der Waals surface area contributed by atoms with E-state index in [1.165, 1.54) is 24.8 Å². The minimum Gasteiger partial charge on any atom is -0.352 e. The molecule has 0 aromatic heterocycles. The Kier molecular flexibility index (Phi) is 7.45. The summed E-state index contributed by atoms with van der Waals surface area (Å²) in [7, 11) is 0. The Hall–Kier alpha value is -1.92. The first kappa shape index (κ1) is 20.8. The van der Waals surface area contributed by atoms with Crippen molar-refractivity contribution in [2.45, 2.75) is 52.0 Å². The normalized spacial score (nSPS) is 19.4. The monoisotopic (exact) mass is 386 g/mol. The Morgan fingerprint density at radius 3 is 2.18 bits per heavy atom. The van der Waals surface area contributed by atoms with Gasteiger partial charge < -0.3 is 10.6 Å². The van der Waals surface area contributed by atoms with Gasteiger partial charge in [0.05, 0.1) is 13.1 Å². The number of benzene rings is 1. The molecule has 1 saturated heterocycles. The topological polar surface area (TPSA) is 64.7 Å². The second kappa shape index (κ2) is 10.0. The van der Waals surface area contributed by atoms with E-state index in [0.29, 0.717) is 19.1 Å². The van der Waals surface area contributed by atoms with E-state index in [4.69, 9.17) is 0 Å². The molecule has 1 aliphatic carbocycles. The summed E-state index contributed by atoms with van der Waals surface area (Å²) in [6, 6.07) is 6.34. The number of carbonyl (C=O) groups excluding carboxylic acids is 2. The lowest BCUT2D eigenvalue weighted by molar-refractivity contribution is -0.124. The molecule has 2 aliphatic rings. The van der Waals surface area contributed by atoms with Gasteiger partial charge in [0.2, 0.25) is 11.8 Å². The number of nitrogens with zero attached hydrogens (tertiary/aromatic N) is 2. The summed E-state index contributed by atoms with van der Waals surface area (Å²) in [5.41, 5.74) is 3.19. The fourth-order valence-electron chi connectivity index (χ4n) is 4.11. The molecule has 0 atom stereocenters. The van der Waals surface area contributed by atoms with Crippen molar-refractivity contribution >= 4 is 17.5 Å². The quantitative estimate of drug-likeness (QED) is 0.787. The van der Waals surface area contributed by atoms with Gasteiger partial charge in [0.25, 0.3) is 0 Å². The van der Waals surface area contributed by atoms with Gasteiger partial charge in [0, 0.05) is 37.9 Å². The lowest BCUT2D eigenvalue weighted by Crippen LogP contribution is -2.51. The fourth-order valence-corrected chi connectivity index (χ4v) is 4.11. The van der Waals surface area contributed by atoms with Crippen LogP contribution in [0.15, 0.2) is 18.2 Å². The second-order valence-corrected chi connectivity index (χ2v) is 8.25. The summed E-state index contributed by atoms with van der Waals surface area (Å²) in [6.07, 6.45) is 6.00. The van der Waals surface area contributed by atoms with Crippen LogP contribution in [-0.2, 0) is 9.59 Å². The molecule has 1 saturated carbocycles. The van der Waals surface area contributed by atoms with Gasteiger partial charge >= 0.3 is 0 Å². The number of rotatable bonds is 6. The van der Waals surface area contributed by atoms with Crippen LogP contribution in [0.1, 0.15) is 43.2 Å². The van der Waals surface area contributed by atoms with Crippen LogP contribution in [0.4, 0.5) is 5.69 Å². The fraction of sp³-hybridized carbons (Fsp3) is 0.636. The highest BCUT2D eigenvalue weighted by Crippen LogP contribution is 2.18. The third-order valence-electron chi connectivity index (χ3n) is 6.05. The summed E-state index contributed by atoms with van der Waals surface area (Å²) in [6.45, 7) is 8.24. The molecule has 1 aromatic carbocycles. The molecular weight excluding hydrogens is 352 g/mol. The van der Waals surface area contributed by atoms with E-state index >= 15 is 0 Å². The number of piperazine rings is 1. The molecule has 0 bridgehead atoms. The molecule has 1 heterocycles. The van der Waals surface area contributed by atoms with E-state index in [1.54, 1.807) is 0 Å². The summed E-state index contributed by atoms with van der Waals surface area (Å²) in [4.78, 5) is 29.0. The number of nitrogens with one attached hydrogen (secondary N) is 2. The van der Waals surface area contributed by atoms with Crippen molar-refractivity contribution in [1.82, 2.24) is 15.1 Å². The summed E-state index contributed by atoms with van der Waals surface area (Å²) in [5.74, 6) is 0.171. The van der Waals surface area contributed by atoms with Crippen LogP contribution >= 0.6 is 0 Å². The number of anilines is 1. The largest absolute Gasteiger partial charge is 0.352 e. The van der Waals surface area contributed by atoms with Crippen molar-refractivity contribution in [3.63, 3.8) is 0 Å². The number of hydrogen-bond acceptors (Lipinski definition) is 4. The third kappa shape index (κ3) is 6.04. The summed E-state index contributed by atoms with van der Waals surface area (Å²) in [5, 5.41) is 6.22. The Morgan fingerprint density at radius 2 is 1.54 bits per heavy atom. The van der Waals surface area contributed by atoms with Gasteiger partial charge in [0.1, 0.15) is 0 Å². The molecule has 0 radical (unpaired) electrons. The summed E-state index contributed by atoms with van der Waals surface area (Å²) >= 11 is 0. The molecule has 0 spiro atoms. The minimum absolute atomic E-state index is 0.0252. The van der Waals surface area contributed by atoms with E-state index in [2.05, 4.69) is 33.4 Å². The number of carbonyl (C=O) groups is 2. The molecule has 6 nitrogen and oxygen atoms in total. The smallest absolute Gasteiger partial charge is 0.238 e. The Balaban J connectivity index is 1.37. The number of amides is 2. The predicted octanol–water partition coefficient (Wildman–Crippen LogP) is 2.31. The lowest BCUT2D eigenvalue weighted by Gasteiger charge is -2.34. The zero-order valence-electron chi connectivity index (χ0n) is 17.3. The first-order valence-corrected chi connectivity index (χ1v) is 10.6. The van der Waals surface area contributed by atoms with E-state index in [9.17, 15) is 9.59 Å². The second-order valence-electron chi connectivity index (χ2n) is 8.25. The van der Waals surface area contributed by atoms with Gasteiger partial charge in [-0.1, -0.05) is 31.4 Å². The molecule has 2 amide bonds. The van der Waals surface area contributed by atoms with Crippen molar-refractivity contribution in [2.75, 3.05) is 44.6 Å². The molecule has 6 heteroatoms. The SMILES string of the molecule is Cc1cccc(NC(=O)CN2CCN(CC(=O)NC3CCCCC3)CC2)c1C. The van der Waals surface area contributed by atoms with Crippen molar-refractivity contribution in [3.05, 3.63) is 29.3 Å². The Morgan fingerprint density at radius 1 is 0.929 bits per heavy atom. The summed E-state index contributed by atoms with van der Waals surface area (Å²) < 4.78 is 0. The molecule has 1 aromatic rings. The average Bonchev–Trinajstić information content (AvgIpc) is 2.68. The number of aryl methyl sites for hydroxylation is 1. The zero-order valence-corrected chi connectivity index (χ0v) is 17.3. The highest BCUT2D eigenvalue weighted by atomic mass is 16.2. The molecule has 154 valence electrons. The van der Waals surface area contributed by atoms with Crippen LogP contribution in [0.25, 0.3) is 0 Å². The van der Waals surface area contributed by atoms with Crippen molar-refractivity contribution in [2.24, 2.45) is 0 Å². The van der Waals surface area contributed by atoms with Crippen LogP contribution < -0.4 is 10.6 Å². The van der Waals surface area contributed by atoms with Crippen LogP contribution in [0.3, 0.4) is 0 Å². The van der Waals surface area contributed by atoms with E-state index in [1.807, 2.05) is 19.1 Å². The standard InChI is InChI=1S/C22H34N4O2/c1-17-7-6-10-20(18(17)2)24-22(28)16-26-13-11-25(12-14-26)15-21(27)23-19-8-4-3-5-9-19/h6-7,10,19H,3-5,8-9,11-16H2,1-2H3,(H,23,27)(H,24,28). The predicted molar refractivity (Wildman–Crippen MR) is 112 cm³/mol. The molecule has 28 heavy (non-hydrogen) atoms. The molecule has 0 unspecified atom stereocenters. The van der Waals surface area contributed by atoms with Crippen LogP contribution in [0.2, 0.25) is 0 Å². The van der Waals surface area contributed by atoms with Crippen molar-refractivity contribution in [3.8, 4) is 0 Å². The third-order valence-corrected chi connectivity index (χ3v) is 6.05. The van der Waals surface area contributed by atoms with E-state index < -0.39 is 0 Å². The molecular formula is C22H34N4O2. The molecule has 1 aliphatic heterocycles. The van der Waals surface area contributed by atoms with Gasteiger partial charge in [-0.3, -0.25) is 19.4 Å². The highest BCUT2D eigenvalue weighted by Gasteiger charge is 2.22. The molecule has 2 N–H and O–H groups in total. The van der Waals surface area contributed by atoms with E-state index in [-0.39, 0.29) is 11.8 Å². The zero-order chi connectivity index (χ0) is 19.9. The maximum atomic E-state index is 12.4. The average molecular weight is 387 g/mol. The van der Waals surface area contributed by atoms with Crippen LogP contribution in [0.5, 0.6) is 0 Å². The van der Waals surface area contributed by atoms with Crippen molar-refractivity contribution < 1.29 is 9.59 Å². The number of hydrogen-bond donors (Lipinski definition) is 2. The van der Waals surface area contributed by atoms with Crippen molar-refractivity contribution in [1.29, 1.82) is 0 Å². The highest BCUT2D eigenvalue weighted by molar-refractivity contribution is 5.93. The van der Waals surface area contributed by atoms with Gasteiger partial charge in [-0.25, -0.2) is 0 Å². The Bertz CT molecular complexity index is 677. The van der Waals surface area contributed by atoms with Gasteiger partial charge in [-0.2, -0.15) is 0 Å². The lowest BCUT2D eigenvalue weighted by atomic mass is 9.95.